The Kier molecular flexibility index (Phi) is 8.25. The minimum absolute atomic E-state index is 0.0677. The fraction of sp³-hybridized carbons (Fsp3) is 0.269. The zero-order valence-corrected chi connectivity index (χ0v) is 19.9. The number of rotatable bonds is 10. The van der Waals surface area contributed by atoms with E-state index in [0.717, 1.165) is 11.1 Å². The normalized spacial score (nSPS) is 12.4. The lowest BCUT2D eigenvalue weighted by atomic mass is 10.0. The van der Waals surface area contributed by atoms with Crippen molar-refractivity contribution in [2.24, 2.45) is 0 Å². The molecule has 6 nitrogen and oxygen atoms in total. The van der Waals surface area contributed by atoms with E-state index < -0.39 is 22.0 Å². The monoisotopic (exact) mass is 466 g/mol. The molecule has 0 aliphatic carbocycles. The summed E-state index contributed by atoms with van der Waals surface area (Å²) in [4.78, 5) is 13.2. The number of benzene rings is 3. The second-order valence-corrected chi connectivity index (χ2v) is 9.75. The van der Waals surface area contributed by atoms with Crippen molar-refractivity contribution >= 4 is 21.6 Å². The van der Waals surface area contributed by atoms with E-state index in [9.17, 15) is 13.2 Å². The van der Waals surface area contributed by atoms with Crippen LogP contribution in [0.25, 0.3) is 0 Å². The number of hydrogen-bond donors (Lipinski definition) is 2. The number of amides is 1. The Morgan fingerprint density at radius 2 is 1.55 bits per heavy atom. The van der Waals surface area contributed by atoms with Gasteiger partial charge in [0.15, 0.2) is 0 Å². The van der Waals surface area contributed by atoms with Crippen LogP contribution >= 0.6 is 0 Å². The van der Waals surface area contributed by atoms with Crippen molar-refractivity contribution in [1.82, 2.24) is 4.72 Å². The van der Waals surface area contributed by atoms with E-state index in [-0.39, 0.29) is 11.3 Å². The molecule has 0 aliphatic rings. The number of ether oxygens (including phenoxy) is 1. The quantitative estimate of drug-likeness (QED) is 0.452. The summed E-state index contributed by atoms with van der Waals surface area (Å²) in [5, 5.41) is 2.84. The van der Waals surface area contributed by atoms with Gasteiger partial charge in [-0.25, -0.2) is 8.42 Å². The molecular weight excluding hydrogens is 436 g/mol. The lowest BCUT2D eigenvalue weighted by molar-refractivity contribution is -0.117. The van der Waals surface area contributed by atoms with Crippen molar-refractivity contribution in [3.8, 4) is 5.75 Å². The second kappa shape index (κ2) is 11.1. The van der Waals surface area contributed by atoms with Crippen LogP contribution in [0.5, 0.6) is 5.75 Å². The Balaban J connectivity index is 1.81. The molecule has 2 N–H and O–H groups in total. The Bertz CT molecular complexity index is 1140. The molecule has 0 fully saturated rings. The Morgan fingerprint density at radius 1 is 0.909 bits per heavy atom. The van der Waals surface area contributed by atoms with Crippen LogP contribution in [0.15, 0.2) is 83.8 Å². The van der Waals surface area contributed by atoms with Crippen molar-refractivity contribution in [3.05, 3.63) is 90.0 Å². The molecule has 1 atom stereocenters. The van der Waals surface area contributed by atoms with Gasteiger partial charge in [-0.3, -0.25) is 4.79 Å². The fourth-order valence-electron chi connectivity index (χ4n) is 3.36. The van der Waals surface area contributed by atoms with Crippen LogP contribution in [-0.4, -0.2) is 27.0 Å². The third kappa shape index (κ3) is 6.91. The van der Waals surface area contributed by atoms with Crippen LogP contribution in [0, 0.1) is 0 Å². The lowest BCUT2D eigenvalue weighted by Crippen LogP contribution is -2.45. The predicted octanol–water partition coefficient (Wildman–Crippen LogP) is 4.74. The molecule has 3 aromatic rings. The highest BCUT2D eigenvalue weighted by atomic mass is 32.2. The van der Waals surface area contributed by atoms with Crippen LogP contribution in [0.3, 0.4) is 0 Å². The molecule has 0 saturated carbocycles. The maximum Gasteiger partial charge on any atom is 0.242 e. The van der Waals surface area contributed by atoms with Crippen molar-refractivity contribution < 1.29 is 17.9 Å². The Hall–Kier alpha value is -3.16. The van der Waals surface area contributed by atoms with Gasteiger partial charge in [0.05, 0.1) is 11.5 Å². The highest BCUT2D eigenvalue weighted by Gasteiger charge is 2.26. The van der Waals surface area contributed by atoms with Crippen molar-refractivity contribution in [1.29, 1.82) is 0 Å². The van der Waals surface area contributed by atoms with Crippen LogP contribution in [0.2, 0.25) is 0 Å². The van der Waals surface area contributed by atoms with Crippen LogP contribution in [-0.2, 0) is 21.2 Å². The minimum Gasteiger partial charge on any atom is -0.494 e. The number of hydrogen-bond acceptors (Lipinski definition) is 4. The van der Waals surface area contributed by atoms with Gasteiger partial charge in [0.1, 0.15) is 11.8 Å². The number of carbonyl (C=O) groups excluding carboxylic acids is 1. The zero-order valence-electron chi connectivity index (χ0n) is 19.1. The van der Waals surface area contributed by atoms with Crippen molar-refractivity contribution in [2.75, 3.05) is 11.9 Å². The summed E-state index contributed by atoms with van der Waals surface area (Å²) < 4.78 is 34.1. The third-order valence-electron chi connectivity index (χ3n) is 5.19. The lowest BCUT2D eigenvalue weighted by Gasteiger charge is -2.19. The van der Waals surface area contributed by atoms with Gasteiger partial charge < -0.3 is 10.1 Å². The van der Waals surface area contributed by atoms with Gasteiger partial charge in [-0.1, -0.05) is 56.3 Å². The van der Waals surface area contributed by atoms with E-state index in [1.165, 1.54) is 12.1 Å². The van der Waals surface area contributed by atoms with E-state index in [2.05, 4.69) is 23.9 Å². The molecule has 0 spiro atoms. The number of carbonyl (C=O) groups is 1. The number of sulfonamides is 1. The van der Waals surface area contributed by atoms with Crippen LogP contribution < -0.4 is 14.8 Å². The van der Waals surface area contributed by atoms with Gasteiger partial charge in [0, 0.05) is 5.69 Å². The predicted molar refractivity (Wildman–Crippen MR) is 131 cm³/mol. The highest BCUT2D eigenvalue weighted by Crippen LogP contribution is 2.19. The molecule has 0 unspecified atom stereocenters. The average Bonchev–Trinajstić information content (AvgIpc) is 2.80. The summed E-state index contributed by atoms with van der Waals surface area (Å²) in [5.41, 5.74) is 2.62. The molecule has 174 valence electrons. The molecule has 3 rings (SSSR count). The van der Waals surface area contributed by atoms with Crippen LogP contribution in [0.4, 0.5) is 5.69 Å². The first-order valence-corrected chi connectivity index (χ1v) is 12.5. The maximum atomic E-state index is 13.1. The Morgan fingerprint density at radius 3 is 2.12 bits per heavy atom. The van der Waals surface area contributed by atoms with E-state index in [1.807, 2.05) is 61.5 Å². The summed E-state index contributed by atoms with van der Waals surface area (Å²) >= 11 is 0. The van der Waals surface area contributed by atoms with Crippen molar-refractivity contribution in [2.45, 2.75) is 44.0 Å². The molecule has 7 heteroatoms. The molecular formula is C26H30N2O4S. The summed E-state index contributed by atoms with van der Waals surface area (Å²) in [5.74, 6) is 0.534. The van der Waals surface area contributed by atoms with Crippen LogP contribution in [0.1, 0.15) is 37.8 Å². The Labute approximate surface area is 196 Å². The average molecular weight is 467 g/mol. The molecule has 3 aromatic carbocycles. The molecule has 1 amide bonds. The topological polar surface area (TPSA) is 84.5 Å². The largest absolute Gasteiger partial charge is 0.494 e. The van der Waals surface area contributed by atoms with E-state index in [0.29, 0.717) is 24.0 Å². The van der Waals surface area contributed by atoms with Gasteiger partial charge in [-0.15, -0.1) is 0 Å². The SMILES string of the molecule is CCOc1ccc(S(=O)(=O)N[C@@H](Cc2ccccc2)C(=O)Nc2ccc(C(C)C)cc2)cc1. The minimum atomic E-state index is -3.93. The summed E-state index contributed by atoms with van der Waals surface area (Å²) in [6, 6.07) is 22.0. The van der Waals surface area contributed by atoms with Gasteiger partial charge in [-0.05, 0) is 66.8 Å². The van der Waals surface area contributed by atoms with Gasteiger partial charge >= 0.3 is 0 Å². The molecule has 0 radical (unpaired) electrons. The molecule has 0 heterocycles. The zero-order chi connectivity index (χ0) is 23.8. The molecule has 0 aliphatic heterocycles. The first kappa shape index (κ1) is 24.5. The summed E-state index contributed by atoms with van der Waals surface area (Å²) in [6.45, 7) is 6.54. The van der Waals surface area contributed by atoms with Gasteiger partial charge in [0.2, 0.25) is 15.9 Å². The highest BCUT2D eigenvalue weighted by molar-refractivity contribution is 7.89. The fourth-order valence-corrected chi connectivity index (χ4v) is 4.55. The van der Waals surface area contributed by atoms with E-state index in [4.69, 9.17) is 4.74 Å². The molecule has 33 heavy (non-hydrogen) atoms. The number of nitrogens with one attached hydrogen (secondary N) is 2. The molecule has 0 saturated heterocycles. The van der Waals surface area contributed by atoms with E-state index >= 15 is 0 Å². The van der Waals surface area contributed by atoms with Crippen molar-refractivity contribution in [3.63, 3.8) is 0 Å². The van der Waals surface area contributed by atoms with Gasteiger partial charge in [-0.2, -0.15) is 4.72 Å². The molecule has 0 aromatic heterocycles. The second-order valence-electron chi connectivity index (χ2n) is 8.03. The van der Waals surface area contributed by atoms with E-state index in [1.54, 1.807) is 12.1 Å². The smallest absolute Gasteiger partial charge is 0.242 e. The number of anilines is 1. The standard InChI is InChI=1S/C26H30N2O4S/c1-4-32-23-14-16-24(17-15-23)33(30,31)28-25(18-20-8-6-5-7-9-20)26(29)27-22-12-10-21(11-13-22)19(2)3/h5-17,19,25,28H,4,18H2,1-3H3,(H,27,29)/t25-/m0/s1. The summed E-state index contributed by atoms with van der Waals surface area (Å²) in [7, 11) is -3.93. The van der Waals surface area contributed by atoms with Gasteiger partial charge in [0.25, 0.3) is 0 Å². The first-order valence-electron chi connectivity index (χ1n) is 11.0. The maximum absolute atomic E-state index is 13.1. The summed E-state index contributed by atoms with van der Waals surface area (Å²) in [6.07, 6.45) is 0.215. The third-order valence-corrected chi connectivity index (χ3v) is 6.67. The molecule has 0 bridgehead atoms. The first-order chi connectivity index (χ1) is 15.8.